The zero-order chi connectivity index (χ0) is 18.1. The summed E-state index contributed by atoms with van der Waals surface area (Å²) < 4.78 is 1.99. The van der Waals surface area contributed by atoms with Crippen LogP contribution in [0.3, 0.4) is 0 Å². The zero-order valence-corrected chi connectivity index (χ0v) is 15.0. The molecule has 0 bridgehead atoms. The van der Waals surface area contributed by atoms with Gasteiger partial charge in [-0.15, -0.1) is 0 Å². The van der Waals surface area contributed by atoms with Gasteiger partial charge in [0.15, 0.2) is 5.82 Å². The zero-order valence-electron chi connectivity index (χ0n) is 15.0. The monoisotopic (exact) mass is 355 g/mol. The minimum atomic E-state index is 0.318. The molecule has 0 fully saturated rings. The number of nitrogens with zero attached hydrogens (tertiary/aromatic N) is 4. The van der Waals surface area contributed by atoms with Crippen LogP contribution < -0.4 is 5.32 Å². The minimum absolute atomic E-state index is 0.318. The molecule has 0 saturated heterocycles. The van der Waals surface area contributed by atoms with E-state index in [1.807, 2.05) is 47.5 Å². The van der Waals surface area contributed by atoms with Gasteiger partial charge >= 0.3 is 0 Å². The molecule has 0 saturated carbocycles. The average Bonchev–Trinajstić information content (AvgIpc) is 3.17. The average molecular weight is 355 g/mol. The Kier molecular flexibility index (Phi) is 4.14. The SMILES string of the molecule is c1ccc(-n2ncc3c2CCCC3NCc2cccc3ncccc23)nc1. The maximum absolute atomic E-state index is 4.63. The lowest BCUT2D eigenvalue weighted by Crippen LogP contribution is -2.25. The van der Waals surface area contributed by atoms with Gasteiger partial charge in [0.25, 0.3) is 0 Å². The standard InChI is InChI=1S/C22H21N5/c1-2-12-24-22(11-1)27-21-10-4-9-20(18(21)15-26-27)25-14-16-6-3-8-19-17(16)7-5-13-23-19/h1-3,5-8,11-13,15,20,25H,4,9-10,14H2. The summed E-state index contributed by atoms with van der Waals surface area (Å²) in [5.74, 6) is 0.888. The molecule has 1 aromatic carbocycles. The number of nitrogens with one attached hydrogen (secondary N) is 1. The van der Waals surface area contributed by atoms with E-state index in [0.29, 0.717) is 6.04 Å². The molecule has 0 radical (unpaired) electrons. The molecular formula is C22H21N5. The number of rotatable bonds is 4. The van der Waals surface area contributed by atoms with Gasteiger partial charge in [0.2, 0.25) is 0 Å². The van der Waals surface area contributed by atoms with Gasteiger partial charge in [-0.3, -0.25) is 4.98 Å². The Bertz CT molecular complexity index is 1070. The van der Waals surface area contributed by atoms with Gasteiger partial charge < -0.3 is 5.32 Å². The van der Waals surface area contributed by atoms with E-state index in [-0.39, 0.29) is 0 Å². The van der Waals surface area contributed by atoms with Crippen molar-refractivity contribution in [3.8, 4) is 5.82 Å². The fraction of sp³-hybridized carbons (Fsp3) is 0.227. The highest BCUT2D eigenvalue weighted by Crippen LogP contribution is 2.31. The molecule has 1 aliphatic rings. The Balaban J connectivity index is 1.41. The molecule has 134 valence electrons. The number of hydrogen-bond donors (Lipinski definition) is 1. The van der Waals surface area contributed by atoms with E-state index in [9.17, 15) is 0 Å². The van der Waals surface area contributed by atoms with Crippen LogP contribution in [0.5, 0.6) is 0 Å². The molecule has 3 aromatic heterocycles. The Morgan fingerprint density at radius 3 is 2.89 bits per heavy atom. The largest absolute Gasteiger partial charge is 0.306 e. The molecule has 0 spiro atoms. The van der Waals surface area contributed by atoms with Crippen molar-refractivity contribution in [3.05, 3.63) is 83.9 Å². The first-order chi connectivity index (χ1) is 13.4. The van der Waals surface area contributed by atoms with E-state index in [2.05, 4.69) is 44.6 Å². The molecule has 1 unspecified atom stereocenters. The highest BCUT2D eigenvalue weighted by atomic mass is 15.3. The summed E-state index contributed by atoms with van der Waals surface area (Å²) in [6, 6.07) is 16.7. The van der Waals surface area contributed by atoms with E-state index < -0.39 is 0 Å². The van der Waals surface area contributed by atoms with Crippen LogP contribution >= 0.6 is 0 Å². The molecular weight excluding hydrogens is 334 g/mol. The first-order valence-corrected chi connectivity index (χ1v) is 9.44. The van der Waals surface area contributed by atoms with Crippen LogP contribution in [0.25, 0.3) is 16.7 Å². The van der Waals surface area contributed by atoms with Crippen LogP contribution in [-0.4, -0.2) is 19.7 Å². The van der Waals surface area contributed by atoms with Crippen molar-refractivity contribution >= 4 is 10.9 Å². The second-order valence-corrected chi connectivity index (χ2v) is 6.96. The van der Waals surface area contributed by atoms with Crippen LogP contribution in [0.2, 0.25) is 0 Å². The number of fused-ring (bicyclic) bond motifs is 2. The van der Waals surface area contributed by atoms with Crippen molar-refractivity contribution in [2.75, 3.05) is 0 Å². The smallest absolute Gasteiger partial charge is 0.153 e. The summed E-state index contributed by atoms with van der Waals surface area (Å²) in [6.45, 7) is 0.821. The second-order valence-electron chi connectivity index (χ2n) is 6.96. The summed E-state index contributed by atoms with van der Waals surface area (Å²) in [5.41, 5.74) is 4.90. The molecule has 1 N–H and O–H groups in total. The van der Waals surface area contributed by atoms with Crippen LogP contribution in [0.4, 0.5) is 0 Å². The fourth-order valence-corrected chi connectivity index (χ4v) is 4.00. The van der Waals surface area contributed by atoms with Crippen LogP contribution in [-0.2, 0) is 13.0 Å². The first kappa shape index (κ1) is 16.1. The predicted octanol–water partition coefficient (Wildman–Crippen LogP) is 3.98. The topological polar surface area (TPSA) is 55.6 Å². The Hall–Kier alpha value is -3.05. The third-order valence-corrected chi connectivity index (χ3v) is 5.32. The van der Waals surface area contributed by atoms with Gasteiger partial charge in [-0.05, 0) is 49.1 Å². The maximum Gasteiger partial charge on any atom is 0.153 e. The Morgan fingerprint density at radius 2 is 1.96 bits per heavy atom. The Morgan fingerprint density at radius 1 is 1.00 bits per heavy atom. The molecule has 5 heteroatoms. The van der Waals surface area contributed by atoms with Gasteiger partial charge in [0.05, 0.1) is 17.4 Å². The van der Waals surface area contributed by atoms with Crippen molar-refractivity contribution in [2.24, 2.45) is 0 Å². The number of aromatic nitrogens is 4. The van der Waals surface area contributed by atoms with E-state index in [1.165, 1.54) is 22.2 Å². The lowest BCUT2D eigenvalue weighted by Gasteiger charge is -2.24. The van der Waals surface area contributed by atoms with Crippen molar-refractivity contribution in [2.45, 2.75) is 31.8 Å². The highest BCUT2D eigenvalue weighted by molar-refractivity contribution is 5.81. The van der Waals surface area contributed by atoms with E-state index >= 15 is 0 Å². The van der Waals surface area contributed by atoms with E-state index in [1.54, 1.807) is 0 Å². The van der Waals surface area contributed by atoms with Crippen molar-refractivity contribution in [1.29, 1.82) is 0 Å². The molecule has 0 amide bonds. The van der Waals surface area contributed by atoms with Gasteiger partial charge in [-0.1, -0.05) is 24.3 Å². The fourth-order valence-electron chi connectivity index (χ4n) is 4.00. The molecule has 3 heterocycles. The number of pyridine rings is 2. The summed E-state index contributed by atoms with van der Waals surface area (Å²) in [7, 11) is 0. The first-order valence-electron chi connectivity index (χ1n) is 9.44. The number of hydrogen-bond acceptors (Lipinski definition) is 4. The molecule has 5 nitrogen and oxygen atoms in total. The molecule has 27 heavy (non-hydrogen) atoms. The van der Waals surface area contributed by atoms with Gasteiger partial charge in [-0.2, -0.15) is 5.10 Å². The molecule has 0 aliphatic heterocycles. The van der Waals surface area contributed by atoms with Crippen molar-refractivity contribution in [3.63, 3.8) is 0 Å². The number of benzene rings is 1. The summed E-state index contributed by atoms with van der Waals surface area (Å²) in [4.78, 5) is 8.92. The lowest BCUT2D eigenvalue weighted by atomic mass is 9.92. The third kappa shape index (κ3) is 3.00. The van der Waals surface area contributed by atoms with E-state index in [4.69, 9.17) is 0 Å². The van der Waals surface area contributed by atoms with Crippen LogP contribution in [0, 0.1) is 0 Å². The predicted molar refractivity (Wildman–Crippen MR) is 106 cm³/mol. The van der Waals surface area contributed by atoms with Crippen molar-refractivity contribution < 1.29 is 0 Å². The quantitative estimate of drug-likeness (QED) is 0.601. The normalized spacial score (nSPS) is 16.4. The minimum Gasteiger partial charge on any atom is -0.306 e. The summed E-state index contributed by atoms with van der Waals surface area (Å²) in [6.07, 6.45) is 8.99. The van der Waals surface area contributed by atoms with Gasteiger partial charge in [-0.25, -0.2) is 9.67 Å². The van der Waals surface area contributed by atoms with Crippen molar-refractivity contribution in [1.82, 2.24) is 25.1 Å². The van der Waals surface area contributed by atoms with Gasteiger partial charge in [0.1, 0.15) is 0 Å². The summed E-state index contributed by atoms with van der Waals surface area (Å²) >= 11 is 0. The Labute approximate surface area is 158 Å². The van der Waals surface area contributed by atoms with Crippen LogP contribution in [0.15, 0.2) is 67.1 Å². The van der Waals surface area contributed by atoms with E-state index in [0.717, 1.165) is 37.1 Å². The molecule has 1 atom stereocenters. The maximum atomic E-state index is 4.63. The van der Waals surface area contributed by atoms with Crippen LogP contribution in [0.1, 0.15) is 35.7 Å². The van der Waals surface area contributed by atoms with Gasteiger partial charge in [0, 0.05) is 35.9 Å². The lowest BCUT2D eigenvalue weighted by molar-refractivity contribution is 0.455. The molecule has 1 aliphatic carbocycles. The molecule has 5 rings (SSSR count). The highest BCUT2D eigenvalue weighted by Gasteiger charge is 2.24. The third-order valence-electron chi connectivity index (χ3n) is 5.32. The second kappa shape index (κ2) is 6.93. The summed E-state index contributed by atoms with van der Waals surface area (Å²) in [5, 5.41) is 9.59. The molecule has 4 aromatic rings.